The molecule has 0 amide bonds. The van der Waals surface area contributed by atoms with E-state index in [9.17, 15) is 0 Å². The van der Waals surface area contributed by atoms with Gasteiger partial charge in [0.2, 0.25) is 0 Å². The summed E-state index contributed by atoms with van der Waals surface area (Å²) in [5.41, 5.74) is 0. The van der Waals surface area contributed by atoms with E-state index in [1.807, 2.05) is 0 Å². The van der Waals surface area contributed by atoms with Crippen molar-refractivity contribution in [3.8, 4) is 0 Å². The highest BCUT2D eigenvalue weighted by Gasteiger charge is 1.91. The van der Waals surface area contributed by atoms with Gasteiger partial charge in [-0.15, -0.1) is 0 Å². The van der Waals surface area contributed by atoms with Crippen molar-refractivity contribution >= 4 is 17.4 Å². The zero-order chi connectivity index (χ0) is 5.70. The van der Waals surface area contributed by atoms with E-state index in [0.717, 1.165) is 0 Å². The molecule has 0 heterocycles. The van der Waals surface area contributed by atoms with Crippen molar-refractivity contribution in [1.82, 2.24) is 0 Å². The summed E-state index contributed by atoms with van der Waals surface area (Å²) in [6.07, 6.45) is 1.44. The number of hydrogen-bond donors (Lipinski definition) is 0. The fourth-order valence-electron chi connectivity index (χ4n) is 0.612. The molecule has 0 N–H and O–H groups in total. The van der Waals surface area contributed by atoms with Gasteiger partial charge in [0, 0.05) is 17.4 Å². The maximum atomic E-state index is 2.47. The molecule has 0 aromatic heterocycles. The lowest BCUT2D eigenvalue weighted by molar-refractivity contribution is 1.08. The lowest BCUT2D eigenvalue weighted by atomic mass is 10.6. The summed E-state index contributed by atoms with van der Waals surface area (Å²) in [5, 5.41) is 0. The van der Waals surface area contributed by atoms with Gasteiger partial charge in [0.05, 0.1) is 0 Å². The van der Waals surface area contributed by atoms with Crippen LogP contribution >= 0.6 is 0 Å². The smallest absolute Gasteiger partial charge is 0.0180 e. The molecule has 0 rings (SSSR count). The first-order valence-corrected chi connectivity index (χ1v) is 9.85. The lowest BCUT2D eigenvalue weighted by Crippen LogP contribution is -2.10. The van der Waals surface area contributed by atoms with Crippen molar-refractivity contribution in [2.45, 2.75) is 32.5 Å². The second kappa shape index (κ2) is 4.59. The largest absolute Gasteiger partial charge is 0.0745 e. The Balaban J connectivity index is 2.68. The third-order valence-corrected chi connectivity index (χ3v) is 8.09. The summed E-state index contributed by atoms with van der Waals surface area (Å²) in [6, 6.07) is 1.60. The summed E-state index contributed by atoms with van der Waals surface area (Å²) < 4.78 is 0. The normalized spacial score (nSPS) is 12.0. The molecule has 0 unspecified atom stereocenters. The first-order valence-electron chi connectivity index (χ1n) is 3.27. The summed E-state index contributed by atoms with van der Waals surface area (Å²) in [6.45, 7) is 7.24. The molecule has 0 aromatic rings. The van der Waals surface area contributed by atoms with Gasteiger partial charge in [0.15, 0.2) is 0 Å². The molecule has 0 bridgehead atoms. The van der Waals surface area contributed by atoms with E-state index in [4.69, 9.17) is 0 Å². The van der Waals surface area contributed by atoms with E-state index in [1.165, 1.54) is 6.42 Å². The van der Waals surface area contributed by atoms with E-state index < -0.39 is 0 Å². The van der Waals surface area contributed by atoms with Crippen LogP contribution in [0.1, 0.15) is 13.3 Å². The van der Waals surface area contributed by atoms with Gasteiger partial charge in [-0.05, 0) is 0 Å². The molecular formula is C5H16Si2. The van der Waals surface area contributed by atoms with Crippen molar-refractivity contribution in [1.29, 1.82) is 0 Å². The third-order valence-electron chi connectivity index (χ3n) is 1.14. The Kier molecular flexibility index (Phi) is 4.87. The van der Waals surface area contributed by atoms with Crippen LogP contribution < -0.4 is 0 Å². The number of hydrogen-bond acceptors (Lipinski definition) is 0. The Morgan fingerprint density at radius 3 is 2.14 bits per heavy atom. The quantitative estimate of drug-likeness (QED) is 0.502. The molecule has 0 aliphatic heterocycles. The molecule has 0 saturated carbocycles. The summed E-state index contributed by atoms with van der Waals surface area (Å²) >= 11 is 0. The Hall–Kier alpha value is 0.434. The van der Waals surface area contributed by atoms with Gasteiger partial charge in [-0.1, -0.05) is 32.5 Å². The zero-order valence-corrected chi connectivity index (χ0v) is 8.27. The molecule has 0 aliphatic carbocycles. The van der Waals surface area contributed by atoms with E-state index in [2.05, 4.69) is 20.0 Å². The minimum atomic E-state index is -0.0493. The molecule has 0 aliphatic rings. The van der Waals surface area contributed by atoms with Gasteiger partial charge >= 0.3 is 0 Å². The molecule has 0 radical (unpaired) electrons. The first kappa shape index (κ1) is 7.43. The molecule has 7 heavy (non-hydrogen) atoms. The summed E-state index contributed by atoms with van der Waals surface area (Å²) in [7, 11) is 0.436. The average Bonchev–Trinajstić information content (AvgIpc) is 1.61. The molecule has 44 valence electrons. The summed E-state index contributed by atoms with van der Waals surface area (Å²) in [4.78, 5) is 0. The van der Waals surface area contributed by atoms with Crippen LogP contribution in [0.4, 0.5) is 0 Å². The van der Waals surface area contributed by atoms with Crippen LogP contribution in [0.5, 0.6) is 0 Å². The van der Waals surface area contributed by atoms with Gasteiger partial charge in [-0.3, -0.25) is 0 Å². The van der Waals surface area contributed by atoms with E-state index >= 15 is 0 Å². The van der Waals surface area contributed by atoms with E-state index in [1.54, 1.807) is 6.04 Å². The fraction of sp³-hybridized carbons (Fsp3) is 1.00. The fourth-order valence-corrected chi connectivity index (χ4v) is 5.51. The standard InChI is InChI=1S/C5H16Si2/c1-4-5-6-7(2)3/h7H,4-6H2,1-3H3. The van der Waals surface area contributed by atoms with Crippen molar-refractivity contribution in [2.24, 2.45) is 0 Å². The zero-order valence-electron chi connectivity index (χ0n) is 5.70. The topological polar surface area (TPSA) is 0 Å². The molecule has 0 nitrogen and oxygen atoms in total. The number of rotatable bonds is 3. The highest BCUT2D eigenvalue weighted by Crippen LogP contribution is 1.87. The minimum absolute atomic E-state index is 0.0493. The molecule has 0 aromatic carbocycles. The van der Waals surface area contributed by atoms with Crippen molar-refractivity contribution in [3.05, 3.63) is 0 Å². The van der Waals surface area contributed by atoms with E-state index in [0.29, 0.717) is 9.04 Å². The highest BCUT2D eigenvalue weighted by atomic mass is 29.2. The predicted octanol–water partition coefficient (Wildman–Crippen LogP) is 0.967. The Morgan fingerprint density at radius 2 is 2.00 bits per heavy atom. The maximum Gasteiger partial charge on any atom is 0.0180 e. The molecule has 2 heteroatoms. The van der Waals surface area contributed by atoms with Crippen molar-refractivity contribution in [2.75, 3.05) is 0 Å². The van der Waals surface area contributed by atoms with Gasteiger partial charge in [0.1, 0.15) is 0 Å². The predicted molar refractivity (Wildman–Crippen MR) is 42.5 cm³/mol. The Bertz CT molecular complexity index is 35.1. The van der Waals surface area contributed by atoms with Gasteiger partial charge in [-0.25, -0.2) is 0 Å². The van der Waals surface area contributed by atoms with Crippen LogP contribution in [-0.4, -0.2) is 17.4 Å². The van der Waals surface area contributed by atoms with Crippen LogP contribution in [0, 0.1) is 0 Å². The van der Waals surface area contributed by atoms with Gasteiger partial charge in [-0.2, -0.15) is 0 Å². The monoisotopic (exact) mass is 132 g/mol. The van der Waals surface area contributed by atoms with Crippen molar-refractivity contribution < 1.29 is 0 Å². The maximum absolute atomic E-state index is 2.47. The minimum Gasteiger partial charge on any atom is -0.0745 e. The third kappa shape index (κ3) is 6.43. The molecule has 0 atom stereocenters. The Labute approximate surface area is 50.5 Å². The van der Waals surface area contributed by atoms with Crippen LogP contribution in [0.3, 0.4) is 0 Å². The average molecular weight is 132 g/mol. The molecule has 0 spiro atoms. The molecule has 0 fully saturated rings. The first-order chi connectivity index (χ1) is 3.27. The highest BCUT2D eigenvalue weighted by molar-refractivity contribution is 7.11. The van der Waals surface area contributed by atoms with Gasteiger partial charge in [0.25, 0.3) is 0 Å². The Morgan fingerprint density at radius 1 is 1.43 bits per heavy atom. The molecular weight excluding hydrogens is 116 g/mol. The van der Waals surface area contributed by atoms with Crippen LogP contribution in [-0.2, 0) is 0 Å². The van der Waals surface area contributed by atoms with Crippen molar-refractivity contribution in [3.63, 3.8) is 0 Å². The van der Waals surface area contributed by atoms with Crippen LogP contribution in [0.25, 0.3) is 0 Å². The summed E-state index contributed by atoms with van der Waals surface area (Å²) in [5.74, 6) is 0. The van der Waals surface area contributed by atoms with Gasteiger partial charge < -0.3 is 0 Å². The van der Waals surface area contributed by atoms with Crippen LogP contribution in [0.2, 0.25) is 19.1 Å². The SMILES string of the molecule is CCC[SiH2][SiH](C)C. The molecule has 0 saturated heterocycles. The second-order valence-electron chi connectivity index (χ2n) is 2.54. The van der Waals surface area contributed by atoms with Crippen LogP contribution in [0.15, 0.2) is 0 Å². The van der Waals surface area contributed by atoms with E-state index in [-0.39, 0.29) is 8.31 Å². The lowest BCUT2D eigenvalue weighted by Gasteiger charge is -1.95. The second-order valence-corrected chi connectivity index (χ2v) is 13.2.